The molecule has 0 saturated carbocycles. The number of nitrogens with zero attached hydrogens (tertiary/aromatic N) is 1. The number of hydrogen-bond acceptors (Lipinski definition) is 5. The molecule has 2 rings (SSSR count). The van der Waals surface area contributed by atoms with Gasteiger partial charge in [-0.3, -0.25) is 19.9 Å². The van der Waals surface area contributed by atoms with Crippen molar-refractivity contribution in [2.24, 2.45) is 11.8 Å². The first-order valence-corrected chi connectivity index (χ1v) is 7.49. The van der Waals surface area contributed by atoms with Crippen molar-refractivity contribution in [3.63, 3.8) is 0 Å². The fourth-order valence-corrected chi connectivity index (χ4v) is 3.45. The van der Waals surface area contributed by atoms with E-state index in [0.29, 0.717) is 4.88 Å². The van der Waals surface area contributed by atoms with Gasteiger partial charge in [-0.15, -0.1) is 11.3 Å². The van der Waals surface area contributed by atoms with E-state index < -0.39 is 0 Å². The molecule has 1 fully saturated rings. The highest BCUT2D eigenvalue weighted by Gasteiger charge is 2.25. The van der Waals surface area contributed by atoms with Gasteiger partial charge in [-0.2, -0.15) is 0 Å². The Balaban J connectivity index is 1.94. The van der Waals surface area contributed by atoms with Gasteiger partial charge in [0.15, 0.2) is 0 Å². The van der Waals surface area contributed by atoms with Crippen molar-refractivity contribution < 1.29 is 9.59 Å². The van der Waals surface area contributed by atoms with Crippen LogP contribution in [0.4, 0.5) is 0 Å². The zero-order chi connectivity index (χ0) is 14.5. The maximum Gasteiger partial charge on any atom is 0.275 e. The number of carbonyl (C=O) groups excluding carboxylic acids is 2. The third kappa shape index (κ3) is 3.56. The number of amides is 2. The molecule has 1 aromatic heterocycles. The predicted octanol–water partition coefficient (Wildman–Crippen LogP) is 0.310. The van der Waals surface area contributed by atoms with Crippen LogP contribution in [0.3, 0.4) is 0 Å². The van der Waals surface area contributed by atoms with Gasteiger partial charge >= 0.3 is 0 Å². The maximum atomic E-state index is 11.7. The summed E-state index contributed by atoms with van der Waals surface area (Å²) >= 11 is 1.44. The largest absolute Gasteiger partial charge is 0.359 e. The van der Waals surface area contributed by atoms with Crippen LogP contribution in [0.1, 0.15) is 27.4 Å². The van der Waals surface area contributed by atoms with E-state index in [-0.39, 0.29) is 17.7 Å². The summed E-state index contributed by atoms with van der Waals surface area (Å²) in [4.78, 5) is 27.1. The van der Waals surface area contributed by atoms with E-state index in [1.54, 1.807) is 13.1 Å². The lowest BCUT2D eigenvalue weighted by atomic mass is 9.97. The fraction of sp³-hybridized carbons (Fsp3) is 0.538. The molecule has 0 aliphatic carbocycles. The molecular weight excluding hydrogens is 276 g/mol. The second-order valence-electron chi connectivity index (χ2n) is 4.93. The Morgan fingerprint density at radius 2 is 2.30 bits per heavy atom. The number of hydrogen-bond donors (Lipinski definition) is 3. The standard InChI is InChI=1S/C13H20N4O2S/c1-15-12(18)9-3-2-6-17(7-9)8-10-4-5-11(20-10)13(19)16-14/h4-5,9H,2-3,6-8,14H2,1H3,(H,15,18)(H,16,19). The van der Waals surface area contributed by atoms with Crippen LogP contribution in [0.25, 0.3) is 0 Å². The molecule has 0 aromatic carbocycles. The molecule has 2 heterocycles. The second-order valence-corrected chi connectivity index (χ2v) is 6.10. The van der Waals surface area contributed by atoms with Gasteiger partial charge in [0.05, 0.1) is 10.8 Å². The Kier molecular flexibility index (Phi) is 5.11. The van der Waals surface area contributed by atoms with Crippen molar-refractivity contribution in [2.75, 3.05) is 20.1 Å². The Morgan fingerprint density at radius 3 is 3.00 bits per heavy atom. The molecule has 1 saturated heterocycles. The average molecular weight is 296 g/mol. The number of rotatable bonds is 4. The van der Waals surface area contributed by atoms with Gasteiger partial charge in [-0.25, -0.2) is 5.84 Å². The zero-order valence-corrected chi connectivity index (χ0v) is 12.3. The van der Waals surface area contributed by atoms with E-state index in [1.807, 2.05) is 6.07 Å². The van der Waals surface area contributed by atoms with Crippen LogP contribution in [0.2, 0.25) is 0 Å². The number of nitrogen functional groups attached to an aromatic ring is 1. The van der Waals surface area contributed by atoms with Gasteiger partial charge in [0.2, 0.25) is 5.91 Å². The molecule has 1 unspecified atom stereocenters. The lowest BCUT2D eigenvalue weighted by molar-refractivity contribution is -0.126. The van der Waals surface area contributed by atoms with Gasteiger partial charge in [0.25, 0.3) is 5.91 Å². The number of hydrazine groups is 1. The van der Waals surface area contributed by atoms with Gasteiger partial charge in [-0.1, -0.05) is 0 Å². The van der Waals surface area contributed by atoms with Crippen LogP contribution in [0.15, 0.2) is 12.1 Å². The van der Waals surface area contributed by atoms with Crippen molar-refractivity contribution in [1.29, 1.82) is 0 Å². The van der Waals surface area contributed by atoms with Crippen molar-refractivity contribution in [1.82, 2.24) is 15.6 Å². The molecule has 0 radical (unpaired) electrons. The predicted molar refractivity (Wildman–Crippen MR) is 78.0 cm³/mol. The fourth-order valence-electron chi connectivity index (χ4n) is 2.49. The molecule has 1 aromatic rings. The minimum absolute atomic E-state index is 0.0699. The van der Waals surface area contributed by atoms with Crippen molar-refractivity contribution >= 4 is 23.2 Å². The van der Waals surface area contributed by atoms with E-state index >= 15 is 0 Å². The number of carbonyl (C=O) groups is 2. The first-order chi connectivity index (χ1) is 9.63. The third-order valence-corrected chi connectivity index (χ3v) is 4.59. The minimum atomic E-state index is -0.261. The highest BCUT2D eigenvalue weighted by molar-refractivity contribution is 7.14. The number of likely N-dealkylation sites (tertiary alicyclic amines) is 1. The van der Waals surface area contributed by atoms with Gasteiger partial charge in [-0.05, 0) is 31.5 Å². The molecule has 110 valence electrons. The van der Waals surface area contributed by atoms with Crippen molar-refractivity contribution in [2.45, 2.75) is 19.4 Å². The molecule has 1 atom stereocenters. The van der Waals surface area contributed by atoms with Gasteiger partial charge in [0.1, 0.15) is 0 Å². The molecule has 1 aliphatic rings. The quantitative estimate of drug-likeness (QED) is 0.424. The topological polar surface area (TPSA) is 87.5 Å². The lowest BCUT2D eigenvalue weighted by Crippen LogP contribution is -2.41. The number of nitrogens with one attached hydrogen (secondary N) is 2. The summed E-state index contributed by atoms with van der Waals surface area (Å²) in [5.74, 6) is 5.04. The molecule has 0 bridgehead atoms. The molecule has 1 aliphatic heterocycles. The molecule has 6 nitrogen and oxygen atoms in total. The summed E-state index contributed by atoms with van der Waals surface area (Å²) in [6.45, 7) is 2.54. The number of piperidine rings is 1. The summed E-state index contributed by atoms with van der Waals surface area (Å²) in [6, 6.07) is 3.72. The summed E-state index contributed by atoms with van der Waals surface area (Å²) in [7, 11) is 1.68. The SMILES string of the molecule is CNC(=O)C1CCCN(Cc2ccc(C(=O)NN)s2)C1. The Bertz CT molecular complexity index is 488. The Morgan fingerprint density at radius 1 is 1.50 bits per heavy atom. The van der Waals surface area contributed by atoms with E-state index in [9.17, 15) is 9.59 Å². The minimum Gasteiger partial charge on any atom is -0.359 e. The Hall–Kier alpha value is -1.44. The van der Waals surface area contributed by atoms with Crippen molar-refractivity contribution in [3.05, 3.63) is 21.9 Å². The first kappa shape index (κ1) is 15.0. The van der Waals surface area contributed by atoms with Gasteiger partial charge in [0, 0.05) is 25.0 Å². The smallest absolute Gasteiger partial charge is 0.275 e. The van der Waals surface area contributed by atoms with E-state index in [0.717, 1.165) is 37.4 Å². The monoisotopic (exact) mass is 296 g/mol. The summed E-state index contributed by atoms with van der Waals surface area (Å²) in [6.07, 6.45) is 1.97. The highest BCUT2D eigenvalue weighted by Crippen LogP contribution is 2.22. The lowest BCUT2D eigenvalue weighted by Gasteiger charge is -2.31. The van der Waals surface area contributed by atoms with Crippen LogP contribution >= 0.6 is 11.3 Å². The first-order valence-electron chi connectivity index (χ1n) is 6.67. The maximum absolute atomic E-state index is 11.7. The van der Waals surface area contributed by atoms with E-state index in [4.69, 9.17) is 5.84 Å². The van der Waals surface area contributed by atoms with Crippen LogP contribution in [-0.4, -0.2) is 36.9 Å². The van der Waals surface area contributed by atoms with Gasteiger partial charge < -0.3 is 5.32 Å². The van der Waals surface area contributed by atoms with Crippen molar-refractivity contribution in [3.8, 4) is 0 Å². The molecule has 2 amide bonds. The third-order valence-electron chi connectivity index (χ3n) is 3.52. The summed E-state index contributed by atoms with van der Waals surface area (Å²) in [5, 5.41) is 2.72. The normalized spacial score (nSPS) is 19.6. The Labute approximate surface area is 122 Å². The van der Waals surface area contributed by atoms with Crippen LogP contribution in [0, 0.1) is 5.92 Å². The van der Waals surface area contributed by atoms with Crippen LogP contribution in [-0.2, 0) is 11.3 Å². The molecule has 20 heavy (non-hydrogen) atoms. The highest BCUT2D eigenvalue weighted by atomic mass is 32.1. The van der Waals surface area contributed by atoms with E-state index in [1.165, 1.54) is 11.3 Å². The summed E-state index contributed by atoms with van der Waals surface area (Å²) in [5.41, 5.74) is 2.13. The number of nitrogens with two attached hydrogens (primary N) is 1. The summed E-state index contributed by atoms with van der Waals surface area (Å²) < 4.78 is 0. The molecule has 7 heteroatoms. The molecule has 4 N–H and O–H groups in total. The molecular formula is C13H20N4O2S. The van der Waals surface area contributed by atoms with Crippen LogP contribution < -0.4 is 16.6 Å². The second kappa shape index (κ2) is 6.83. The van der Waals surface area contributed by atoms with E-state index in [2.05, 4.69) is 15.6 Å². The zero-order valence-electron chi connectivity index (χ0n) is 11.5. The number of thiophene rings is 1. The average Bonchev–Trinajstić information content (AvgIpc) is 2.94. The van der Waals surface area contributed by atoms with Crippen LogP contribution in [0.5, 0.6) is 0 Å². The molecule has 0 spiro atoms.